The molecule has 3 heterocycles. The number of rotatable bonds is 8. The molecular weight excluding hydrogens is 623 g/mol. The molecule has 0 saturated carbocycles. The monoisotopic (exact) mass is 651 g/mol. The molecule has 0 spiro atoms. The summed E-state index contributed by atoms with van der Waals surface area (Å²) >= 11 is 0. The van der Waals surface area contributed by atoms with E-state index in [0.29, 0.717) is 41.8 Å². The summed E-state index contributed by atoms with van der Waals surface area (Å²) in [4.78, 5) is 24.2. The van der Waals surface area contributed by atoms with Crippen LogP contribution in [0.4, 0.5) is 36.2 Å². The highest BCUT2D eigenvalue weighted by atomic mass is 19.4. The van der Waals surface area contributed by atoms with Crippen molar-refractivity contribution in [3.63, 3.8) is 0 Å². The lowest BCUT2D eigenvalue weighted by Gasteiger charge is -2.30. The number of alkyl halides is 3. The minimum absolute atomic E-state index is 0.240. The maximum Gasteiger partial charge on any atom is 0.490 e. The van der Waals surface area contributed by atoms with E-state index in [1.54, 1.807) is 41.0 Å². The quantitative estimate of drug-likeness (QED) is 0.219. The van der Waals surface area contributed by atoms with Gasteiger partial charge in [-0.15, -0.1) is 0 Å². The average molecular weight is 652 g/mol. The second-order valence-electron chi connectivity index (χ2n) is 9.84. The fourth-order valence-corrected chi connectivity index (χ4v) is 4.48. The molecule has 0 aliphatic carbocycles. The van der Waals surface area contributed by atoms with Crippen molar-refractivity contribution in [2.75, 3.05) is 48.9 Å². The number of methoxy groups -OCH3 is 1. The van der Waals surface area contributed by atoms with Gasteiger partial charge in [-0.2, -0.15) is 23.0 Å². The lowest BCUT2D eigenvalue weighted by atomic mass is 10.1. The van der Waals surface area contributed by atoms with E-state index in [2.05, 4.69) is 36.2 Å². The molecule has 1 aliphatic heterocycles. The zero-order valence-electron chi connectivity index (χ0n) is 24.8. The number of tetrazole rings is 1. The molecule has 1 amide bonds. The lowest BCUT2D eigenvalue weighted by molar-refractivity contribution is -0.192. The number of carbonyl (C=O) groups excluding carboxylic acids is 1. The van der Waals surface area contributed by atoms with Gasteiger partial charge >= 0.3 is 12.1 Å². The van der Waals surface area contributed by atoms with Crippen LogP contribution in [0.2, 0.25) is 0 Å². The summed E-state index contributed by atoms with van der Waals surface area (Å²) in [6.45, 7) is 2.95. The molecule has 17 heteroatoms. The van der Waals surface area contributed by atoms with Crippen molar-refractivity contribution < 1.29 is 37.3 Å². The van der Waals surface area contributed by atoms with Crippen molar-refractivity contribution in [1.29, 1.82) is 0 Å². The summed E-state index contributed by atoms with van der Waals surface area (Å²) in [5.74, 6) is -1.85. The maximum absolute atomic E-state index is 13.1. The molecule has 3 N–H and O–H groups in total. The number of hydrogen-bond acceptors (Lipinski definition) is 10. The van der Waals surface area contributed by atoms with Gasteiger partial charge in [0.2, 0.25) is 0 Å². The van der Waals surface area contributed by atoms with Crippen LogP contribution >= 0.6 is 0 Å². The molecule has 14 nitrogen and oxygen atoms in total. The number of ether oxygens (including phenoxy) is 2. The van der Waals surface area contributed by atoms with E-state index in [0.717, 1.165) is 30.2 Å². The first-order valence-corrected chi connectivity index (χ1v) is 14.0. The second-order valence-corrected chi connectivity index (χ2v) is 9.84. The minimum Gasteiger partial charge on any atom is -0.495 e. The third-order valence-electron chi connectivity index (χ3n) is 6.71. The number of aliphatic carboxylic acids is 1. The molecule has 2 aromatic heterocycles. The fourth-order valence-electron chi connectivity index (χ4n) is 4.48. The van der Waals surface area contributed by atoms with Gasteiger partial charge in [-0.05, 0) is 52.9 Å². The van der Waals surface area contributed by atoms with Gasteiger partial charge in [0.25, 0.3) is 11.9 Å². The van der Waals surface area contributed by atoms with Crippen LogP contribution in [-0.4, -0.2) is 86.6 Å². The number of nitrogens with one attached hydrogen (secondary N) is 2. The Bertz CT molecular complexity index is 1820. The Hall–Kier alpha value is -5.97. The van der Waals surface area contributed by atoms with Gasteiger partial charge in [0.15, 0.2) is 0 Å². The second kappa shape index (κ2) is 14.4. The molecule has 47 heavy (non-hydrogen) atoms. The Morgan fingerprint density at radius 3 is 2.38 bits per heavy atom. The third kappa shape index (κ3) is 8.20. The number of halogens is 3. The summed E-state index contributed by atoms with van der Waals surface area (Å²) in [7, 11) is 1.63. The molecule has 3 aromatic carbocycles. The van der Waals surface area contributed by atoms with Crippen molar-refractivity contribution in [3.8, 4) is 17.1 Å². The predicted molar refractivity (Wildman–Crippen MR) is 164 cm³/mol. The van der Waals surface area contributed by atoms with Crippen molar-refractivity contribution in [1.82, 2.24) is 30.0 Å². The SMILES string of the molecule is COc1cc(NC(=O)c2cccc(-n3cc(Nc4nnnn4-c4ccccc4)cn3)c2)ccc1N1CCOCC1.O=C(O)C(F)(F)F. The Balaban J connectivity index is 0.000000559. The zero-order valence-corrected chi connectivity index (χ0v) is 24.8. The van der Waals surface area contributed by atoms with E-state index < -0.39 is 12.1 Å². The van der Waals surface area contributed by atoms with E-state index in [4.69, 9.17) is 19.4 Å². The summed E-state index contributed by atoms with van der Waals surface area (Å²) in [5, 5.41) is 29.6. The van der Waals surface area contributed by atoms with Gasteiger partial charge < -0.3 is 30.1 Å². The third-order valence-corrected chi connectivity index (χ3v) is 6.71. The molecule has 244 valence electrons. The number of anilines is 4. The summed E-state index contributed by atoms with van der Waals surface area (Å²) in [6, 6.07) is 22.5. The van der Waals surface area contributed by atoms with Gasteiger partial charge in [-0.3, -0.25) is 4.79 Å². The first-order chi connectivity index (χ1) is 22.6. The molecule has 0 bridgehead atoms. The summed E-state index contributed by atoms with van der Waals surface area (Å²) < 4.78 is 46.1. The highest BCUT2D eigenvalue weighted by Gasteiger charge is 2.38. The number of carbonyl (C=O) groups is 2. The Labute approximate surface area is 265 Å². The van der Waals surface area contributed by atoms with Crippen LogP contribution < -0.4 is 20.3 Å². The van der Waals surface area contributed by atoms with Crippen molar-refractivity contribution >= 4 is 34.9 Å². The average Bonchev–Trinajstić information content (AvgIpc) is 3.75. The van der Waals surface area contributed by atoms with Gasteiger partial charge in [0, 0.05) is 30.4 Å². The lowest BCUT2D eigenvalue weighted by Crippen LogP contribution is -2.36. The number of carboxylic acids is 1. The molecule has 6 rings (SSSR count). The molecular formula is C30H28F3N9O5. The van der Waals surface area contributed by atoms with Crippen LogP contribution in [0.3, 0.4) is 0 Å². The van der Waals surface area contributed by atoms with E-state index in [1.807, 2.05) is 60.7 Å². The standard InChI is InChI=1S/C28H27N9O3.C2HF3O2/c1-39-26-17-21(10-11-25(26)35-12-14-40-15-13-35)30-27(38)20-6-5-9-24(16-20)36-19-22(18-29-36)31-28-32-33-34-37(28)23-7-3-2-4-8-23;3-2(4,5)1(6)7/h2-11,16-19H,12-15H2,1H3,(H,30,38)(H,31,32,34);(H,6,7). The fraction of sp³-hybridized carbons (Fsp3) is 0.200. The largest absolute Gasteiger partial charge is 0.495 e. The molecule has 1 saturated heterocycles. The molecule has 1 aliphatic rings. The van der Waals surface area contributed by atoms with Crippen molar-refractivity contribution in [2.24, 2.45) is 0 Å². The van der Waals surface area contributed by atoms with E-state index in [1.165, 1.54) is 0 Å². The van der Waals surface area contributed by atoms with Crippen LogP contribution in [0, 0.1) is 0 Å². The smallest absolute Gasteiger partial charge is 0.490 e. The Kier molecular flexibility index (Phi) is 9.95. The number of benzene rings is 3. The van der Waals surface area contributed by atoms with E-state index >= 15 is 0 Å². The molecule has 0 radical (unpaired) electrons. The molecule has 1 fully saturated rings. The minimum atomic E-state index is -5.08. The molecule has 0 atom stereocenters. The molecule has 0 unspecified atom stereocenters. The topological polar surface area (TPSA) is 162 Å². The number of morpholine rings is 1. The van der Waals surface area contributed by atoms with Crippen LogP contribution in [0.15, 0.2) is 85.2 Å². The first-order valence-electron chi connectivity index (χ1n) is 14.0. The van der Waals surface area contributed by atoms with Gasteiger partial charge in [-0.1, -0.05) is 29.4 Å². The number of carboxylic acid groups (broad SMARTS) is 1. The summed E-state index contributed by atoms with van der Waals surface area (Å²) in [5.41, 5.74) is 4.36. The summed E-state index contributed by atoms with van der Waals surface area (Å²) in [6.07, 6.45) is -1.62. The van der Waals surface area contributed by atoms with Gasteiger partial charge in [0.1, 0.15) is 5.75 Å². The first kappa shape index (κ1) is 32.4. The van der Waals surface area contributed by atoms with Crippen LogP contribution in [0.5, 0.6) is 5.75 Å². The number of para-hydroxylation sites is 1. The normalized spacial score (nSPS) is 12.9. The van der Waals surface area contributed by atoms with Gasteiger partial charge in [0.05, 0.1) is 55.5 Å². The number of amides is 1. The number of hydrogen-bond donors (Lipinski definition) is 3. The van der Waals surface area contributed by atoms with Crippen molar-refractivity contribution in [3.05, 3.63) is 90.8 Å². The highest BCUT2D eigenvalue weighted by Crippen LogP contribution is 2.32. The Morgan fingerprint density at radius 2 is 1.68 bits per heavy atom. The maximum atomic E-state index is 13.1. The molecule has 5 aromatic rings. The Morgan fingerprint density at radius 1 is 0.957 bits per heavy atom. The zero-order chi connectivity index (χ0) is 33.4. The number of nitrogens with zero attached hydrogens (tertiary/aromatic N) is 7. The van der Waals surface area contributed by atoms with Crippen molar-refractivity contribution in [2.45, 2.75) is 6.18 Å². The van der Waals surface area contributed by atoms with Gasteiger partial charge in [-0.25, -0.2) is 9.48 Å². The van der Waals surface area contributed by atoms with Crippen LogP contribution in [0.25, 0.3) is 11.4 Å². The van der Waals surface area contributed by atoms with E-state index in [9.17, 15) is 18.0 Å². The predicted octanol–water partition coefficient (Wildman–Crippen LogP) is 4.32. The highest BCUT2D eigenvalue weighted by molar-refractivity contribution is 6.04. The van der Waals surface area contributed by atoms with Crippen LogP contribution in [-0.2, 0) is 9.53 Å². The van der Waals surface area contributed by atoms with E-state index in [-0.39, 0.29) is 5.91 Å². The number of aromatic nitrogens is 6. The van der Waals surface area contributed by atoms with Crippen LogP contribution in [0.1, 0.15) is 10.4 Å².